The first-order valence-corrected chi connectivity index (χ1v) is 9.47. The molecule has 2 fully saturated rings. The first-order valence-electron chi connectivity index (χ1n) is 9.09. The molecule has 0 radical (unpaired) electrons. The summed E-state index contributed by atoms with van der Waals surface area (Å²) >= 11 is 6.15. The predicted octanol–water partition coefficient (Wildman–Crippen LogP) is 4.12. The highest BCUT2D eigenvalue weighted by Gasteiger charge is 2.33. The van der Waals surface area contributed by atoms with Crippen molar-refractivity contribution < 1.29 is 0 Å². The van der Waals surface area contributed by atoms with Gasteiger partial charge in [-0.05, 0) is 62.3 Å². The molecule has 0 spiro atoms. The first kappa shape index (κ1) is 15.4. The molecule has 1 unspecified atom stereocenters. The summed E-state index contributed by atoms with van der Waals surface area (Å²) < 4.78 is 2.01. The van der Waals surface area contributed by atoms with Crippen LogP contribution in [0, 0.1) is 5.92 Å². The van der Waals surface area contributed by atoms with E-state index in [4.69, 9.17) is 16.6 Å². The van der Waals surface area contributed by atoms with Gasteiger partial charge in [-0.2, -0.15) is 0 Å². The molecular formula is C20H21ClN4. The van der Waals surface area contributed by atoms with Crippen molar-refractivity contribution in [3.05, 3.63) is 53.4 Å². The third-order valence-electron chi connectivity index (χ3n) is 5.61. The molecule has 3 aromatic heterocycles. The molecule has 4 nitrogen and oxygen atoms in total. The lowest BCUT2D eigenvalue weighted by Crippen LogP contribution is -2.38. The lowest BCUT2D eigenvalue weighted by Gasteiger charge is -2.28. The van der Waals surface area contributed by atoms with Gasteiger partial charge in [0.05, 0.1) is 22.6 Å². The number of pyridine rings is 2. The van der Waals surface area contributed by atoms with Crippen molar-refractivity contribution >= 4 is 17.2 Å². The minimum absolute atomic E-state index is 0.702. The summed E-state index contributed by atoms with van der Waals surface area (Å²) in [5.74, 6) is 0.748. The van der Waals surface area contributed by atoms with Crippen LogP contribution in [0.3, 0.4) is 0 Å². The van der Waals surface area contributed by atoms with Gasteiger partial charge in [0.2, 0.25) is 0 Å². The van der Waals surface area contributed by atoms with E-state index in [0.29, 0.717) is 5.02 Å². The third kappa shape index (κ3) is 2.94. The number of aromatic nitrogens is 3. The van der Waals surface area contributed by atoms with Crippen molar-refractivity contribution in [1.29, 1.82) is 0 Å². The van der Waals surface area contributed by atoms with E-state index in [0.717, 1.165) is 41.5 Å². The predicted molar refractivity (Wildman–Crippen MR) is 99.8 cm³/mol. The normalized spacial score (nSPS) is 25.6. The van der Waals surface area contributed by atoms with E-state index in [2.05, 4.69) is 28.5 Å². The number of rotatable bonds is 3. The second kappa shape index (κ2) is 6.11. The number of hydrogen-bond acceptors (Lipinski definition) is 3. The molecule has 0 amide bonds. The fraction of sp³-hybridized carbons (Fsp3) is 0.400. The summed E-state index contributed by atoms with van der Waals surface area (Å²) in [5, 5.41) is 4.42. The Kier molecular flexibility index (Phi) is 3.75. The maximum atomic E-state index is 6.15. The van der Waals surface area contributed by atoms with E-state index in [1.54, 1.807) is 0 Å². The molecule has 5 heteroatoms. The highest BCUT2D eigenvalue weighted by atomic mass is 35.5. The average Bonchev–Trinajstić information content (AvgIpc) is 3.18. The van der Waals surface area contributed by atoms with Gasteiger partial charge in [-0.3, -0.25) is 9.38 Å². The monoisotopic (exact) mass is 352 g/mol. The molecule has 5 heterocycles. The lowest BCUT2D eigenvalue weighted by molar-refractivity contribution is 0.297. The van der Waals surface area contributed by atoms with E-state index in [9.17, 15) is 0 Å². The zero-order valence-corrected chi connectivity index (χ0v) is 14.8. The first-order chi connectivity index (χ1) is 12.2. The number of halogens is 1. The van der Waals surface area contributed by atoms with Crippen molar-refractivity contribution in [2.75, 3.05) is 0 Å². The Morgan fingerprint density at radius 3 is 2.80 bits per heavy atom. The smallest absolute Gasteiger partial charge is 0.137 e. The van der Waals surface area contributed by atoms with Gasteiger partial charge in [-0.1, -0.05) is 17.7 Å². The van der Waals surface area contributed by atoms with Gasteiger partial charge in [-0.15, -0.1) is 0 Å². The topological polar surface area (TPSA) is 42.2 Å². The number of fused-ring (bicyclic) bond motifs is 3. The van der Waals surface area contributed by atoms with E-state index in [1.807, 2.05) is 28.9 Å². The summed E-state index contributed by atoms with van der Waals surface area (Å²) in [5.41, 5.74) is 4.02. The Hall–Kier alpha value is -1.91. The molecule has 25 heavy (non-hydrogen) atoms. The minimum Gasteiger partial charge on any atom is -0.311 e. The summed E-state index contributed by atoms with van der Waals surface area (Å²) in [4.78, 5) is 9.40. The molecule has 1 N–H and O–H groups in total. The fourth-order valence-corrected chi connectivity index (χ4v) is 4.68. The molecule has 0 aromatic carbocycles. The zero-order valence-electron chi connectivity index (χ0n) is 14.0. The zero-order chi connectivity index (χ0) is 16.8. The van der Waals surface area contributed by atoms with Crippen LogP contribution in [-0.4, -0.2) is 26.5 Å². The number of nitrogens with zero attached hydrogens (tertiary/aromatic N) is 3. The van der Waals surface area contributed by atoms with E-state index >= 15 is 0 Å². The van der Waals surface area contributed by atoms with Crippen LogP contribution in [0.1, 0.15) is 31.4 Å². The lowest BCUT2D eigenvalue weighted by atomic mass is 9.88. The van der Waals surface area contributed by atoms with Gasteiger partial charge in [-0.25, -0.2) is 4.98 Å². The van der Waals surface area contributed by atoms with Crippen LogP contribution in [0.5, 0.6) is 0 Å². The summed E-state index contributed by atoms with van der Waals surface area (Å²) in [6, 6.07) is 11.6. The molecule has 2 aliphatic heterocycles. The second-order valence-corrected chi connectivity index (χ2v) is 7.85. The Bertz CT molecular complexity index is 907. The molecule has 3 aromatic rings. The van der Waals surface area contributed by atoms with Crippen LogP contribution in [0.25, 0.3) is 17.0 Å². The molecular weight excluding hydrogens is 332 g/mol. The Morgan fingerprint density at radius 2 is 1.96 bits per heavy atom. The third-order valence-corrected chi connectivity index (χ3v) is 5.83. The van der Waals surface area contributed by atoms with Gasteiger partial charge < -0.3 is 5.32 Å². The molecule has 3 atom stereocenters. The SMILES string of the molecule is Clc1ccc2ncc(-c3cccc(CC4C[C@H]5CC[C@@H](C4)N5)n3)n2c1. The van der Waals surface area contributed by atoms with Crippen LogP contribution in [0.2, 0.25) is 5.02 Å². The van der Waals surface area contributed by atoms with Gasteiger partial charge in [0.25, 0.3) is 0 Å². The van der Waals surface area contributed by atoms with Crippen LogP contribution >= 0.6 is 11.6 Å². The number of hydrogen-bond donors (Lipinski definition) is 1. The quantitative estimate of drug-likeness (QED) is 0.770. The molecule has 0 saturated carbocycles. The largest absolute Gasteiger partial charge is 0.311 e. The minimum atomic E-state index is 0.702. The Labute approximate surface area is 152 Å². The van der Waals surface area contributed by atoms with Crippen molar-refractivity contribution in [2.24, 2.45) is 5.92 Å². The molecule has 5 rings (SSSR count). The van der Waals surface area contributed by atoms with E-state index in [-0.39, 0.29) is 0 Å². The van der Waals surface area contributed by atoms with Crippen molar-refractivity contribution in [1.82, 2.24) is 19.7 Å². The van der Waals surface area contributed by atoms with Gasteiger partial charge in [0, 0.05) is 24.0 Å². The number of piperidine rings is 1. The fourth-order valence-electron chi connectivity index (χ4n) is 4.52. The Balaban J connectivity index is 1.43. The maximum absolute atomic E-state index is 6.15. The Morgan fingerprint density at radius 1 is 1.12 bits per heavy atom. The van der Waals surface area contributed by atoms with Gasteiger partial charge in [0.15, 0.2) is 0 Å². The van der Waals surface area contributed by atoms with Crippen LogP contribution < -0.4 is 5.32 Å². The average molecular weight is 353 g/mol. The molecule has 2 aliphatic rings. The highest BCUT2D eigenvalue weighted by Crippen LogP contribution is 2.33. The van der Waals surface area contributed by atoms with E-state index < -0.39 is 0 Å². The van der Waals surface area contributed by atoms with Gasteiger partial charge in [0.1, 0.15) is 5.65 Å². The number of imidazole rings is 1. The summed E-state index contributed by atoms with van der Waals surface area (Å²) in [6.45, 7) is 0. The van der Waals surface area contributed by atoms with Gasteiger partial charge >= 0.3 is 0 Å². The van der Waals surface area contributed by atoms with Crippen LogP contribution in [-0.2, 0) is 6.42 Å². The summed E-state index contributed by atoms with van der Waals surface area (Å²) in [6.07, 6.45) is 10.1. The number of nitrogens with one attached hydrogen (secondary N) is 1. The molecule has 2 bridgehead atoms. The molecule has 0 aliphatic carbocycles. The second-order valence-electron chi connectivity index (χ2n) is 7.41. The molecule has 128 valence electrons. The van der Waals surface area contributed by atoms with Crippen LogP contribution in [0.4, 0.5) is 0 Å². The standard InChI is InChI=1S/C20H21ClN4/c21-14-4-7-20-22-11-19(25(20)12-14)18-3-1-2-15(24-18)8-13-9-16-5-6-17(10-13)23-16/h1-4,7,11-13,16-17,23H,5-6,8-10H2/t13?,16-,17+. The highest BCUT2D eigenvalue weighted by molar-refractivity contribution is 6.30. The van der Waals surface area contributed by atoms with Crippen molar-refractivity contribution in [2.45, 2.75) is 44.2 Å². The van der Waals surface area contributed by atoms with Crippen molar-refractivity contribution in [3.63, 3.8) is 0 Å². The van der Waals surface area contributed by atoms with Crippen LogP contribution in [0.15, 0.2) is 42.7 Å². The van der Waals surface area contributed by atoms with E-state index in [1.165, 1.54) is 31.4 Å². The maximum Gasteiger partial charge on any atom is 0.137 e. The summed E-state index contributed by atoms with van der Waals surface area (Å²) in [7, 11) is 0. The van der Waals surface area contributed by atoms with Crippen molar-refractivity contribution in [3.8, 4) is 11.4 Å². The molecule has 2 saturated heterocycles.